The predicted molar refractivity (Wildman–Crippen MR) is 198 cm³/mol. The topological polar surface area (TPSA) is 132 Å². The Morgan fingerprint density at radius 1 is 1.02 bits per heavy atom. The van der Waals surface area contributed by atoms with Crippen LogP contribution in [0.1, 0.15) is 58.6 Å². The lowest BCUT2D eigenvalue weighted by Crippen LogP contribution is -2.58. The van der Waals surface area contributed by atoms with Gasteiger partial charge in [-0.2, -0.15) is 13.2 Å². The minimum Gasteiger partial charge on any atom is -0.496 e. The molecule has 2 aliphatic rings. The van der Waals surface area contributed by atoms with Crippen LogP contribution in [0, 0.1) is 5.41 Å². The van der Waals surface area contributed by atoms with Crippen molar-refractivity contribution in [3.05, 3.63) is 47.8 Å². The number of anilines is 3. The number of methoxy groups -OCH3 is 1. The van der Waals surface area contributed by atoms with Crippen molar-refractivity contribution in [1.29, 1.82) is 0 Å². The first-order chi connectivity index (χ1) is 25.0. The molecule has 0 radical (unpaired) electrons. The quantitative estimate of drug-likeness (QED) is 0.239. The van der Waals surface area contributed by atoms with E-state index < -0.39 is 35.3 Å². The minimum atomic E-state index is -4.58. The van der Waals surface area contributed by atoms with E-state index in [1.165, 1.54) is 19.5 Å². The van der Waals surface area contributed by atoms with Gasteiger partial charge in [0.15, 0.2) is 5.78 Å². The zero-order valence-electron chi connectivity index (χ0n) is 31.6. The van der Waals surface area contributed by atoms with Gasteiger partial charge in [0.25, 0.3) is 0 Å². The van der Waals surface area contributed by atoms with E-state index >= 15 is 0 Å². The Morgan fingerprint density at radius 3 is 2.36 bits per heavy atom. The number of Topliss-reactive ketones (excluding diaryl/α,β-unsaturated/α-hetero) is 1. The van der Waals surface area contributed by atoms with Crippen LogP contribution in [0.15, 0.2) is 36.7 Å². The van der Waals surface area contributed by atoms with E-state index in [9.17, 15) is 27.6 Å². The molecule has 0 spiro atoms. The number of hydrogen-bond acceptors (Lipinski definition) is 10. The first kappa shape index (κ1) is 39.7. The summed E-state index contributed by atoms with van der Waals surface area (Å²) in [6, 6.07) is 5.51. The van der Waals surface area contributed by atoms with Gasteiger partial charge in [-0.05, 0) is 63.0 Å². The fourth-order valence-electron chi connectivity index (χ4n) is 7.00. The number of likely N-dealkylation sites (tertiary alicyclic amines) is 1. The summed E-state index contributed by atoms with van der Waals surface area (Å²) in [5.74, 6) is -0.165. The standard InChI is InChI=1S/C38H51F3N8O4/c1-8-47-14-16-48(17-15-47)29-12-11-25(20-27(29)38(39,40)41)45-34-26-18-24(32(53-7)21-28(26)43-22-44-34)19-31(50)30-10-9-13-49(30)36(52)33(37(3,4)5)46-35(51)23(2)42-6/h11-12,18,20-23,30,33,42H,8-10,13-17,19H2,1-7H3,(H,46,51)(H,43,44,45)/t23-,30-,33+/m0/s1. The maximum absolute atomic E-state index is 14.4. The largest absolute Gasteiger partial charge is 0.496 e. The second kappa shape index (κ2) is 16.3. The highest BCUT2D eigenvalue weighted by molar-refractivity contribution is 5.97. The molecule has 3 atom stereocenters. The van der Waals surface area contributed by atoms with Crippen molar-refractivity contribution in [3.8, 4) is 5.75 Å². The van der Waals surface area contributed by atoms with Gasteiger partial charge in [-0.3, -0.25) is 14.4 Å². The van der Waals surface area contributed by atoms with Crippen molar-refractivity contribution < 1.29 is 32.3 Å². The molecule has 2 fully saturated rings. The van der Waals surface area contributed by atoms with Crippen molar-refractivity contribution >= 4 is 45.7 Å². The molecule has 12 nitrogen and oxygen atoms in total. The lowest BCUT2D eigenvalue weighted by atomic mass is 9.85. The smallest absolute Gasteiger partial charge is 0.418 e. The van der Waals surface area contributed by atoms with Crippen LogP contribution < -0.4 is 25.6 Å². The van der Waals surface area contributed by atoms with E-state index in [0.717, 1.165) is 12.6 Å². The molecule has 0 bridgehead atoms. The number of nitrogens with zero attached hydrogens (tertiary/aromatic N) is 5. The lowest BCUT2D eigenvalue weighted by Gasteiger charge is -2.36. The van der Waals surface area contributed by atoms with Crippen molar-refractivity contribution in [2.45, 2.75) is 78.2 Å². The van der Waals surface area contributed by atoms with Crippen molar-refractivity contribution in [2.75, 3.05) is 63.6 Å². The molecule has 3 N–H and O–H groups in total. The molecule has 3 heterocycles. The van der Waals surface area contributed by atoms with Crippen molar-refractivity contribution in [3.63, 3.8) is 0 Å². The number of hydrogen-bond donors (Lipinski definition) is 3. The number of carbonyl (C=O) groups is 3. The van der Waals surface area contributed by atoms with Crippen LogP contribution in [0.3, 0.4) is 0 Å². The summed E-state index contributed by atoms with van der Waals surface area (Å²) >= 11 is 0. The summed E-state index contributed by atoms with van der Waals surface area (Å²) < 4.78 is 48.9. The molecule has 53 heavy (non-hydrogen) atoms. The van der Waals surface area contributed by atoms with Crippen molar-refractivity contribution in [2.24, 2.45) is 5.41 Å². The second-order valence-corrected chi connectivity index (χ2v) is 14.8. The number of amides is 2. The number of nitrogens with one attached hydrogen (secondary N) is 3. The molecule has 0 saturated carbocycles. The number of likely N-dealkylation sites (N-methyl/N-ethyl adjacent to an activating group) is 2. The number of ketones is 1. The molecule has 15 heteroatoms. The van der Waals surface area contributed by atoms with E-state index in [4.69, 9.17) is 4.74 Å². The van der Waals surface area contributed by atoms with Crippen LogP contribution in [-0.4, -0.2) is 109 Å². The third-order valence-electron chi connectivity index (χ3n) is 10.3. The molecule has 2 amide bonds. The van der Waals surface area contributed by atoms with E-state index in [0.29, 0.717) is 67.8 Å². The Balaban J connectivity index is 1.40. The van der Waals surface area contributed by atoms with Crippen LogP contribution >= 0.6 is 0 Å². The molecule has 2 aromatic carbocycles. The number of fused-ring (bicyclic) bond motifs is 1. The average molecular weight is 741 g/mol. The van der Waals surface area contributed by atoms with Crippen LogP contribution in [0.4, 0.5) is 30.4 Å². The van der Waals surface area contributed by atoms with E-state index in [-0.39, 0.29) is 41.2 Å². The monoisotopic (exact) mass is 740 g/mol. The SMILES string of the molecule is CCN1CCN(c2ccc(Nc3ncnc4cc(OC)c(CC(=O)[C@@H]5CCCN5C(=O)[C@@H](NC(=O)[C@H](C)NC)C(C)(C)C)cc34)cc2C(F)(F)F)CC1. The average Bonchev–Trinajstić information content (AvgIpc) is 3.63. The molecule has 0 unspecified atom stereocenters. The van der Waals surface area contributed by atoms with Gasteiger partial charge in [0, 0.05) is 67.5 Å². The Bertz CT molecular complexity index is 1810. The third-order valence-corrected chi connectivity index (χ3v) is 10.3. The number of ether oxygens (including phenoxy) is 1. The Hall–Kier alpha value is -4.50. The normalized spacial score (nSPS) is 18.2. The third kappa shape index (κ3) is 9.01. The first-order valence-corrected chi connectivity index (χ1v) is 18.1. The Labute approximate surface area is 308 Å². The van der Waals surface area contributed by atoms with Gasteiger partial charge < -0.3 is 35.4 Å². The van der Waals surface area contributed by atoms with Crippen LogP contribution in [-0.2, 0) is 27.0 Å². The number of benzene rings is 2. The molecule has 2 aliphatic heterocycles. The van der Waals surface area contributed by atoms with Crippen LogP contribution in [0.2, 0.25) is 0 Å². The fourth-order valence-corrected chi connectivity index (χ4v) is 7.00. The van der Waals surface area contributed by atoms with Crippen LogP contribution in [0.5, 0.6) is 5.75 Å². The highest BCUT2D eigenvalue weighted by Crippen LogP contribution is 2.40. The molecule has 288 valence electrons. The Kier molecular flexibility index (Phi) is 12.2. The molecule has 2 saturated heterocycles. The number of rotatable bonds is 12. The minimum absolute atomic E-state index is 0.0799. The lowest BCUT2D eigenvalue weighted by molar-refractivity contribution is -0.143. The summed E-state index contributed by atoms with van der Waals surface area (Å²) in [4.78, 5) is 55.0. The fraction of sp³-hybridized carbons (Fsp3) is 0.553. The molecule has 3 aromatic rings. The van der Waals surface area contributed by atoms with Gasteiger partial charge in [-0.15, -0.1) is 0 Å². The van der Waals surface area contributed by atoms with E-state index in [2.05, 4.69) is 30.8 Å². The number of alkyl halides is 3. The number of aromatic nitrogens is 2. The van der Waals surface area contributed by atoms with Gasteiger partial charge in [0.05, 0.1) is 30.3 Å². The van der Waals surface area contributed by atoms with E-state index in [1.807, 2.05) is 27.7 Å². The molecule has 5 rings (SSSR count). The van der Waals surface area contributed by atoms with Gasteiger partial charge in [-0.25, -0.2) is 9.97 Å². The number of carbonyl (C=O) groups excluding carboxylic acids is 3. The summed E-state index contributed by atoms with van der Waals surface area (Å²) in [6.45, 7) is 13.0. The maximum Gasteiger partial charge on any atom is 0.418 e. The molecule has 1 aromatic heterocycles. The zero-order chi connectivity index (χ0) is 38.7. The first-order valence-electron chi connectivity index (χ1n) is 18.1. The number of piperazine rings is 1. The molecule has 0 aliphatic carbocycles. The Morgan fingerprint density at radius 2 is 1.74 bits per heavy atom. The number of halogens is 3. The van der Waals surface area contributed by atoms with Crippen molar-refractivity contribution in [1.82, 2.24) is 30.4 Å². The summed E-state index contributed by atoms with van der Waals surface area (Å²) in [6.07, 6.45) is -2.25. The highest BCUT2D eigenvalue weighted by atomic mass is 19.4. The van der Waals surface area contributed by atoms with Crippen LogP contribution in [0.25, 0.3) is 10.9 Å². The van der Waals surface area contributed by atoms with Gasteiger partial charge in [0.2, 0.25) is 11.8 Å². The second-order valence-electron chi connectivity index (χ2n) is 14.8. The highest BCUT2D eigenvalue weighted by Gasteiger charge is 2.42. The zero-order valence-corrected chi connectivity index (χ0v) is 31.6. The molecular formula is C38H51F3N8O4. The summed E-state index contributed by atoms with van der Waals surface area (Å²) in [5.41, 5.74) is -0.0321. The maximum atomic E-state index is 14.4. The van der Waals surface area contributed by atoms with E-state index in [1.54, 1.807) is 42.0 Å². The van der Waals surface area contributed by atoms with Gasteiger partial charge in [-0.1, -0.05) is 27.7 Å². The molecular weight excluding hydrogens is 689 g/mol. The summed E-state index contributed by atoms with van der Waals surface area (Å²) in [5, 5.41) is 9.31. The predicted octanol–water partition coefficient (Wildman–Crippen LogP) is 4.78. The summed E-state index contributed by atoms with van der Waals surface area (Å²) in [7, 11) is 3.14. The van der Waals surface area contributed by atoms with Gasteiger partial charge in [0.1, 0.15) is 23.9 Å². The van der Waals surface area contributed by atoms with Gasteiger partial charge >= 0.3 is 6.18 Å².